The molecule has 0 aromatic heterocycles. The van der Waals surface area contributed by atoms with Crippen LogP contribution >= 0.6 is 0 Å². The van der Waals surface area contributed by atoms with Crippen LogP contribution in [-0.2, 0) is 5.41 Å². The predicted octanol–water partition coefficient (Wildman–Crippen LogP) is 5.27. The zero-order valence-corrected chi connectivity index (χ0v) is 11.9. The molecule has 3 rings (SSSR count). The van der Waals surface area contributed by atoms with Gasteiger partial charge in [-0.25, -0.2) is 0 Å². The van der Waals surface area contributed by atoms with Crippen molar-refractivity contribution in [1.29, 1.82) is 0 Å². The molecule has 2 aromatic carbocycles. The maximum atomic E-state index is 2.35. The molecule has 2 aromatic rings. The van der Waals surface area contributed by atoms with Crippen LogP contribution < -0.4 is 0 Å². The van der Waals surface area contributed by atoms with Crippen LogP contribution in [0.1, 0.15) is 30.9 Å². The fraction of sp³-hybridized carbons (Fsp3) is 0.200. The summed E-state index contributed by atoms with van der Waals surface area (Å²) in [5.74, 6) is 0. The minimum atomic E-state index is 0.0308. The molecule has 0 radical (unpaired) electrons. The van der Waals surface area contributed by atoms with E-state index in [1.54, 1.807) is 0 Å². The second kappa shape index (κ2) is 5.50. The third-order valence-corrected chi connectivity index (χ3v) is 4.23. The van der Waals surface area contributed by atoms with Gasteiger partial charge in [-0.1, -0.05) is 91.4 Å². The monoisotopic (exact) mass is 260 g/mol. The molecule has 0 fully saturated rings. The zero-order chi connectivity index (χ0) is 13.8. The Balaban J connectivity index is 2.05. The molecule has 0 unspecified atom stereocenters. The Morgan fingerprint density at radius 1 is 0.850 bits per heavy atom. The molecule has 0 heteroatoms. The van der Waals surface area contributed by atoms with Gasteiger partial charge in [0.15, 0.2) is 0 Å². The Bertz CT molecular complexity index is 578. The first kappa shape index (κ1) is 12.9. The first-order chi connectivity index (χ1) is 9.79. The van der Waals surface area contributed by atoms with Gasteiger partial charge in [-0.15, -0.1) is 0 Å². The van der Waals surface area contributed by atoms with E-state index in [4.69, 9.17) is 0 Å². The predicted molar refractivity (Wildman–Crippen MR) is 85.8 cm³/mol. The van der Waals surface area contributed by atoms with Crippen LogP contribution in [0.4, 0.5) is 0 Å². The number of hydrogen-bond donors (Lipinski definition) is 0. The van der Waals surface area contributed by atoms with E-state index in [-0.39, 0.29) is 5.41 Å². The summed E-state index contributed by atoms with van der Waals surface area (Å²) in [6, 6.07) is 21.7. The molecule has 0 amide bonds. The number of allylic oxidation sites excluding steroid dienone is 4. The molecule has 0 N–H and O–H groups in total. The van der Waals surface area contributed by atoms with E-state index in [0.29, 0.717) is 0 Å². The van der Waals surface area contributed by atoms with Gasteiger partial charge in [0.2, 0.25) is 0 Å². The highest BCUT2D eigenvalue weighted by molar-refractivity contribution is 5.42. The number of hydrogen-bond acceptors (Lipinski definition) is 0. The van der Waals surface area contributed by atoms with Gasteiger partial charge in [0.05, 0.1) is 0 Å². The van der Waals surface area contributed by atoms with Gasteiger partial charge >= 0.3 is 0 Å². The average Bonchev–Trinajstić information content (AvgIpc) is 3.02. The van der Waals surface area contributed by atoms with Crippen LogP contribution in [0.2, 0.25) is 0 Å². The van der Waals surface area contributed by atoms with Crippen molar-refractivity contribution in [2.75, 3.05) is 0 Å². The van der Waals surface area contributed by atoms with Crippen molar-refractivity contribution >= 4 is 0 Å². The third-order valence-electron chi connectivity index (χ3n) is 4.23. The van der Waals surface area contributed by atoms with Crippen LogP contribution in [0.25, 0.3) is 0 Å². The summed E-state index contributed by atoms with van der Waals surface area (Å²) in [5, 5.41) is 0. The van der Waals surface area contributed by atoms with Crippen molar-refractivity contribution < 1.29 is 0 Å². The van der Waals surface area contributed by atoms with E-state index in [9.17, 15) is 0 Å². The van der Waals surface area contributed by atoms with Crippen molar-refractivity contribution in [3.05, 3.63) is 95.6 Å². The fourth-order valence-electron chi connectivity index (χ4n) is 3.03. The molecule has 0 heterocycles. The summed E-state index contributed by atoms with van der Waals surface area (Å²) in [7, 11) is 0. The summed E-state index contributed by atoms with van der Waals surface area (Å²) in [5.41, 5.74) is 4.24. The van der Waals surface area contributed by atoms with Crippen molar-refractivity contribution in [1.82, 2.24) is 0 Å². The van der Waals surface area contributed by atoms with E-state index < -0.39 is 0 Å². The van der Waals surface area contributed by atoms with E-state index in [1.165, 1.54) is 16.7 Å². The molecule has 1 aliphatic rings. The molecule has 0 bridgehead atoms. The summed E-state index contributed by atoms with van der Waals surface area (Å²) < 4.78 is 0. The van der Waals surface area contributed by atoms with Crippen molar-refractivity contribution in [3.8, 4) is 0 Å². The molecule has 0 saturated carbocycles. The molecule has 0 nitrogen and oxygen atoms in total. The van der Waals surface area contributed by atoms with Gasteiger partial charge in [-0.2, -0.15) is 0 Å². The lowest BCUT2D eigenvalue weighted by atomic mass is 9.72. The smallest absolute Gasteiger partial charge is 0.0214 e. The quantitative estimate of drug-likeness (QED) is 0.702. The van der Waals surface area contributed by atoms with Gasteiger partial charge in [0.25, 0.3) is 0 Å². The lowest BCUT2D eigenvalue weighted by Gasteiger charge is -2.31. The van der Waals surface area contributed by atoms with E-state index >= 15 is 0 Å². The Kier molecular flexibility index (Phi) is 3.56. The molecular weight excluding hydrogens is 240 g/mol. The lowest BCUT2D eigenvalue weighted by molar-refractivity contribution is 0.570. The maximum Gasteiger partial charge on any atom is 0.0214 e. The highest BCUT2D eigenvalue weighted by Crippen LogP contribution is 2.38. The SMILES string of the molecule is CC(CC1=CCC=C1)(c1ccccc1)c1ccccc1. The molecule has 0 saturated heterocycles. The van der Waals surface area contributed by atoms with Gasteiger partial charge in [0, 0.05) is 5.41 Å². The maximum absolute atomic E-state index is 2.35. The standard InChI is InChI=1S/C20H20/c1-20(16-17-10-8-9-11-17,18-12-4-2-5-13-18)19-14-6-3-7-15-19/h2-8,10-15H,9,16H2,1H3. The van der Waals surface area contributed by atoms with Crippen LogP contribution in [-0.4, -0.2) is 0 Å². The Hall–Kier alpha value is -2.08. The molecule has 100 valence electrons. The number of benzene rings is 2. The highest BCUT2D eigenvalue weighted by Gasteiger charge is 2.29. The zero-order valence-electron chi connectivity index (χ0n) is 11.9. The lowest BCUT2D eigenvalue weighted by Crippen LogP contribution is -2.24. The largest absolute Gasteiger partial charge is 0.0805 e. The molecular formula is C20H20. The van der Waals surface area contributed by atoms with E-state index in [2.05, 4.69) is 85.8 Å². The summed E-state index contributed by atoms with van der Waals surface area (Å²) in [6.45, 7) is 2.35. The van der Waals surface area contributed by atoms with Crippen molar-refractivity contribution in [3.63, 3.8) is 0 Å². The summed E-state index contributed by atoms with van der Waals surface area (Å²) in [6.07, 6.45) is 8.98. The Labute approximate surface area is 121 Å². The van der Waals surface area contributed by atoms with Gasteiger partial charge in [-0.3, -0.25) is 0 Å². The Morgan fingerprint density at radius 3 is 1.85 bits per heavy atom. The van der Waals surface area contributed by atoms with Crippen molar-refractivity contribution in [2.24, 2.45) is 0 Å². The van der Waals surface area contributed by atoms with E-state index in [0.717, 1.165) is 12.8 Å². The summed E-state index contributed by atoms with van der Waals surface area (Å²) in [4.78, 5) is 0. The normalized spacial score (nSPS) is 14.3. The topological polar surface area (TPSA) is 0 Å². The minimum Gasteiger partial charge on any atom is -0.0805 e. The van der Waals surface area contributed by atoms with Crippen LogP contribution in [0.5, 0.6) is 0 Å². The molecule has 0 spiro atoms. The second-order valence-corrected chi connectivity index (χ2v) is 5.66. The van der Waals surface area contributed by atoms with Crippen LogP contribution in [0.15, 0.2) is 84.5 Å². The molecule has 0 aliphatic heterocycles. The molecule has 1 aliphatic carbocycles. The van der Waals surface area contributed by atoms with Crippen LogP contribution in [0, 0.1) is 0 Å². The second-order valence-electron chi connectivity index (χ2n) is 5.66. The first-order valence-electron chi connectivity index (χ1n) is 7.26. The number of rotatable bonds is 4. The Morgan fingerprint density at radius 2 is 1.40 bits per heavy atom. The van der Waals surface area contributed by atoms with Crippen molar-refractivity contribution in [2.45, 2.75) is 25.2 Å². The summed E-state index contributed by atoms with van der Waals surface area (Å²) >= 11 is 0. The minimum absolute atomic E-state index is 0.0308. The molecule has 20 heavy (non-hydrogen) atoms. The third kappa shape index (κ3) is 2.46. The fourth-order valence-corrected chi connectivity index (χ4v) is 3.03. The first-order valence-corrected chi connectivity index (χ1v) is 7.26. The van der Waals surface area contributed by atoms with E-state index in [1.807, 2.05) is 0 Å². The highest BCUT2D eigenvalue weighted by atomic mass is 14.3. The average molecular weight is 260 g/mol. The molecule has 0 atom stereocenters. The van der Waals surface area contributed by atoms with Gasteiger partial charge < -0.3 is 0 Å². The van der Waals surface area contributed by atoms with Gasteiger partial charge in [-0.05, 0) is 24.0 Å². The van der Waals surface area contributed by atoms with Crippen LogP contribution in [0.3, 0.4) is 0 Å². The van der Waals surface area contributed by atoms with Gasteiger partial charge in [0.1, 0.15) is 0 Å².